The van der Waals surface area contributed by atoms with Crippen molar-refractivity contribution >= 4 is 33.4 Å². The molecule has 1 aliphatic heterocycles. The van der Waals surface area contributed by atoms with E-state index in [1.807, 2.05) is 24.3 Å². The van der Waals surface area contributed by atoms with Gasteiger partial charge in [0.05, 0.1) is 29.9 Å². The summed E-state index contributed by atoms with van der Waals surface area (Å²) in [5.74, 6) is -0.0668. The van der Waals surface area contributed by atoms with E-state index < -0.39 is 0 Å². The van der Waals surface area contributed by atoms with Crippen molar-refractivity contribution in [3.8, 4) is 0 Å². The normalized spacial score (nSPS) is 16.6. The summed E-state index contributed by atoms with van der Waals surface area (Å²) in [6.07, 6.45) is 3.44. The van der Waals surface area contributed by atoms with Gasteiger partial charge in [-0.05, 0) is 33.6 Å². The monoisotopic (exact) mass is 426 g/mol. The molecule has 6 nitrogen and oxygen atoms in total. The molecular formula is C17H20BrClN4O2. The second-order valence-electron chi connectivity index (χ2n) is 5.88. The molecule has 134 valence electrons. The summed E-state index contributed by atoms with van der Waals surface area (Å²) < 4.78 is 7.90. The standard InChI is InChI=1S/C17H20BrClN4O2/c18-14-9-21-23(11-14)12-17(24)20-10-16(22-5-7-25-8-6-22)13-1-3-15(19)4-2-13/h1-4,9,11,16H,5-8,10,12H2,(H,20,24). The van der Waals surface area contributed by atoms with E-state index in [2.05, 4.69) is 31.2 Å². The van der Waals surface area contributed by atoms with E-state index in [4.69, 9.17) is 16.3 Å². The number of ether oxygens (including phenoxy) is 1. The molecule has 1 N–H and O–H groups in total. The predicted molar refractivity (Wildman–Crippen MR) is 99.5 cm³/mol. The fourth-order valence-corrected chi connectivity index (χ4v) is 3.32. The molecule has 2 heterocycles. The van der Waals surface area contributed by atoms with E-state index in [0.717, 1.165) is 23.1 Å². The number of hydrogen-bond acceptors (Lipinski definition) is 4. The lowest BCUT2D eigenvalue weighted by molar-refractivity contribution is -0.122. The lowest BCUT2D eigenvalue weighted by Gasteiger charge is -2.35. The highest BCUT2D eigenvalue weighted by Crippen LogP contribution is 2.23. The molecule has 1 atom stereocenters. The topological polar surface area (TPSA) is 59.4 Å². The SMILES string of the molecule is O=C(Cn1cc(Br)cn1)NCC(c1ccc(Cl)cc1)N1CCOCC1. The summed E-state index contributed by atoms with van der Waals surface area (Å²) in [7, 11) is 0. The smallest absolute Gasteiger partial charge is 0.241 e. The number of carbonyl (C=O) groups excluding carboxylic acids is 1. The van der Waals surface area contributed by atoms with Gasteiger partial charge < -0.3 is 10.1 Å². The van der Waals surface area contributed by atoms with E-state index in [9.17, 15) is 4.79 Å². The van der Waals surface area contributed by atoms with Gasteiger partial charge in [-0.1, -0.05) is 23.7 Å². The number of hydrogen-bond donors (Lipinski definition) is 1. The first-order valence-corrected chi connectivity index (χ1v) is 9.31. The zero-order valence-corrected chi connectivity index (χ0v) is 16.0. The second-order valence-corrected chi connectivity index (χ2v) is 7.23. The molecule has 25 heavy (non-hydrogen) atoms. The van der Waals surface area contributed by atoms with Crippen molar-refractivity contribution in [2.45, 2.75) is 12.6 Å². The van der Waals surface area contributed by atoms with Crippen LogP contribution in [0.1, 0.15) is 11.6 Å². The minimum atomic E-state index is -0.0668. The fraction of sp³-hybridized carbons (Fsp3) is 0.412. The largest absolute Gasteiger partial charge is 0.379 e. The Morgan fingerprint density at radius 1 is 1.32 bits per heavy atom. The van der Waals surface area contributed by atoms with Crippen LogP contribution in [0, 0.1) is 0 Å². The molecule has 1 aliphatic rings. The first-order valence-electron chi connectivity index (χ1n) is 8.14. The van der Waals surface area contributed by atoms with Crippen LogP contribution in [0.15, 0.2) is 41.1 Å². The average Bonchev–Trinajstić information content (AvgIpc) is 3.02. The lowest BCUT2D eigenvalue weighted by Crippen LogP contribution is -2.44. The number of halogens is 2. The van der Waals surface area contributed by atoms with Crippen LogP contribution in [0.4, 0.5) is 0 Å². The Bertz CT molecular complexity index is 701. The first-order chi connectivity index (χ1) is 12.1. The van der Waals surface area contributed by atoms with Crippen LogP contribution in [0.3, 0.4) is 0 Å². The Kier molecular flexibility index (Phi) is 6.47. The van der Waals surface area contributed by atoms with Crippen molar-refractivity contribution in [3.05, 3.63) is 51.7 Å². The third-order valence-electron chi connectivity index (χ3n) is 4.14. The molecule has 1 fully saturated rings. The highest BCUT2D eigenvalue weighted by atomic mass is 79.9. The maximum atomic E-state index is 12.2. The number of amides is 1. The van der Waals surface area contributed by atoms with E-state index in [-0.39, 0.29) is 18.5 Å². The number of nitrogens with one attached hydrogen (secondary N) is 1. The second kappa shape index (κ2) is 8.80. The van der Waals surface area contributed by atoms with Gasteiger partial charge >= 0.3 is 0 Å². The van der Waals surface area contributed by atoms with Crippen molar-refractivity contribution in [2.75, 3.05) is 32.8 Å². The Labute approximate surface area is 160 Å². The summed E-state index contributed by atoms with van der Waals surface area (Å²) in [5, 5.41) is 7.83. The summed E-state index contributed by atoms with van der Waals surface area (Å²) in [4.78, 5) is 14.6. The first kappa shape index (κ1) is 18.4. The molecule has 1 unspecified atom stereocenters. The molecule has 0 radical (unpaired) electrons. The predicted octanol–water partition coefficient (Wildman–Crippen LogP) is 2.49. The molecule has 1 amide bonds. The van der Waals surface area contributed by atoms with Gasteiger partial charge in [0.1, 0.15) is 6.54 Å². The van der Waals surface area contributed by atoms with E-state index in [0.29, 0.717) is 24.8 Å². The van der Waals surface area contributed by atoms with Gasteiger partial charge in [0.15, 0.2) is 0 Å². The number of carbonyl (C=O) groups is 1. The molecule has 3 rings (SSSR count). The van der Waals surface area contributed by atoms with Gasteiger partial charge in [0.2, 0.25) is 5.91 Å². The zero-order valence-electron chi connectivity index (χ0n) is 13.7. The van der Waals surface area contributed by atoms with Gasteiger partial charge in [-0.3, -0.25) is 14.4 Å². The van der Waals surface area contributed by atoms with Crippen LogP contribution < -0.4 is 5.32 Å². The minimum absolute atomic E-state index is 0.0668. The van der Waals surface area contributed by atoms with Crippen molar-refractivity contribution in [2.24, 2.45) is 0 Å². The van der Waals surface area contributed by atoms with Crippen LogP contribution in [0.2, 0.25) is 5.02 Å². The summed E-state index contributed by atoms with van der Waals surface area (Å²) in [5.41, 5.74) is 1.13. The van der Waals surface area contributed by atoms with Crippen LogP contribution >= 0.6 is 27.5 Å². The summed E-state index contributed by atoms with van der Waals surface area (Å²) >= 11 is 9.33. The zero-order chi connectivity index (χ0) is 17.6. The van der Waals surface area contributed by atoms with Gasteiger partial charge in [-0.25, -0.2) is 0 Å². The van der Waals surface area contributed by atoms with Crippen molar-refractivity contribution < 1.29 is 9.53 Å². The molecule has 0 spiro atoms. The molecule has 1 aromatic heterocycles. The van der Waals surface area contributed by atoms with Gasteiger partial charge in [0, 0.05) is 30.9 Å². The van der Waals surface area contributed by atoms with Crippen LogP contribution in [-0.2, 0) is 16.1 Å². The highest BCUT2D eigenvalue weighted by molar-refractivity contribution is 9.10. The number of benzene rings is 1. The highest BCUT2D eigenvalue weighted by Gasteiger charge is 2.23. The minimum Gasteiger partial charge on any atom is -0.379 e. The third-order valence-corrected chi connectivity index (χ3v) is 4.80. The Hall–Kier alpha value is -1.41. The Balaban J connectivity index is 1.64. The van der Waals surface area contributed by atoms with Crippen molar-refractivity contribution in [1.29, 1.82) is 0 Å². The summed E-state index contributed by atoms with van der Waals surface area (Å²) in [6.45, 7) is 3.83. The van der Waals surface area contributed by atoms with Crippen LogP contribution in [0.5, 0.6) is 0 Å². The number of aromatic nitrogens is 2. The van der Waals surface area contributed by atoms with E-state index in [1.165, 1.54) is 0 Å². The summed E-state index contributed by atoms with van der Waals surface area (Å²) in [6, 6.07) is 7.88. The number of rotatable bonds is 6. The van der Waals surface area contributed by atoms with Crippen molar-refractivity contribution in [3.63, 3.8) is 0 Å². The van der Waals surface area contributed by atoms with E-state index in [1.54, 1.807) is 17.1 Å². The molecule has 2 aromatic rings. The maximum Gasteiger partial charge on any atom is 0.241 e. The molecule has 1 aromatic carbocycles. The van der Waals surface area contributed by atoms with Gasteiger partial charge in [0.25, 0.3) is 0 Å². The Morgan fingerprint density at radius 3 is 2.68 bits per heavy atom. The average molecular weight is 428 g/mol. The van der Waals surface area contributed by atoms with Gasteiger partial charge in [-0.2, -0.15) is 5.10 Å². The molecule has 0 bridgehead atoms. The molecule has 8 heteroatoms. The number of nitrogens with zero attached hydrogens (tertiary/aromatic N) is 3. The molecule has 0 aliphatic carbocycles. The van der Waals surface area contributed by atoms with Gasteiger partial charge in [-0.15, -0.1) is 0 Å². The van der Waals surface area contributed by atoms with Crippen LogP contribution in [0.25, 0.3) is 0 Å². The van der Waals surface area contributed by atoms with Crippen LogP contribution in [-0.4, -0.2) is 53.4 Å². The quantitative estimate of drug-likeness (QED) is 0.769. The lowest BCUT2D eigenvalue weighted by atomic mass is 10.0. The number of morpholine rings is 1. The maximum absolute atomic E-state index is 12.2. The molecule has 0 saturated carbocycles. The third kappa shape index (κ3) is 5.28. The fourth-order valence-electron chi connectivity index (χ4n) is 2.87. The van der Waals surface area contributed by atoms with E-state index >= 15 is 0 Å². The van der Waals surface area contributed by atoms with Crippen molar-refractivity contribution in [1.82, 2.24) is 20.0 Å². The molecular weight excluding hydrogens is 408 g/mol. The Morgan fingerprint density at radius 2 is 2.04 bits per heavy atom. The molecule has 1 saturated heterocycles.